The van der Waals surface area contributed by atoms with Crippen LogP contribution < -0.4 is 5.56 Å². The lowest BCUT2D eigenvalue weighted by atomic mass is 9.95. The zero-order valence-electron chi connectivity index (χ0n) is 16.1. The Morgan fingerprint density at radius 3 is 2.62 bits per heavy atom. The van der Waals surface area contributed by atoms with Crippen LogP contribution in [-0.4, -0.2) is 45.8 Å². The van der Waals surface area contributed by atoms with E-state index >= 15 is 0 Å². The molecule has 1 aliphatic carbocycles. The number of nitrogens with zero attached hydrogens (tertiary/aromatic N) is 4. The van der Waals surface area contributed by atoms with Crippen LogP contribution in [0.3, 0.4) is 0 Å². The van der Waals surface area contributed by atoms with Gasteiger partial charge in [-0.3, -0.25) is 9.36 Å². The summed E-state index contributed by atoms with van der Waals surface area (Å²) in [7, 11) is 3.25. The zero-order valence-corrected chi connectivity index (χ0v) is 16.1. The third kappa shape index (κ3) is 3.34. The summed E-state index contributed by atoms with van der Waals surface area (Å²) in [6, 6.07) is 0.434. The number of hydrogen-bond donors (Lipinski definition) is 0. The molecule has 2 aromatic rings. The summed E-state index contributed by atoms with van der Waals surface area (Å²) in [5, 5.41) is 0.689. The predicted octanol–water partition coefficient (Wildman–Crippen LogP) is 3.02. The van der Waals surface area contributed by atoms with Crippen molar-refractivity contribution in [3.8, 4) is 0 Å². The lowest BCUT2D eigenvalue weighted by Gasteiger charge is -2.25. The lowest BCUT2D eigenvalue weighted by molar-refractivity contribution is 0.114. The predicted molar refractivity (Wildman–Crippen MR) is 101 cm³/mol. The fourth-order valence-corrected chi connectivity index (χ4v) is 3.82. The van der Waals surface area contributed by atoms with Gasteiger partial charge in [0.2, 0.25) is 0 Å². The van der Waals surface area contributed by atoms with E-state index in [1.54, 1.807) is 20.4 Å². The minimum Gasteiger partial charge on any atom is -0.448 e. The Balaban J connectivity index is 1.90. The number of carbonyl (C=O) groups excluding carboxylic acids is 1. The molecule has 1 amide bonds. The summed E-state index contributed by atoms with van der Waals surface area (Å²) in [5.41, 5.74) is 2.86. The van der Waals surface area contributed by atoms with Gasteiger partial charge < -0.3 is 14.2 Å². The molecule has 0 saturated heterocycles. The van der Waals surface area contributed by atoms with E-state index in [1.807, 2.05) is 6.92 Å². The van der Waals surface area contributed by atoms with Gasteiger partial charge in [-0.15, -0.1) is 0 Å². The van der Waals surface area contributed by atoms with E-state index in [0.717, 1.165) is 29.7 Å². The zero-order chi connectivity index (χ0) is 18.8. The largest absolute Gasteiger partial charge is 0.448 e. The van der Waals surface area contributed by atoms with Crippen LogP contribution in [0.15, 0.2) is 11.1 Å². The average molecular weight is 360 g/mol. The quantitative estimate of drug-likeness (QED) is 0.840. The van der Waals surface area contributed by atoms with Crippen molar-refractivity contribution < 1.29 is 9.53 Å². The highest BCUT2D eigenvalue weighted by atomic mass is 16.6. The van der Waals surface area contributed by atoms with Crippen molar-refractivity contribution >= 4 is 17.1 Å². The molecule has 1 aliphatic rings. The molecule has 3 rings (SSSR count). The van der Waals surface area contributed by atoms with Crippen molar-refractivity contribution in [2.24, 2.45) is 0 Å². The Labute approximate surface area is 153 Å². The van der Waals surface area contributed by atoms with Gasteiger partial charge in [0.1, 0.15) is 18.6 Å². The molecule has 0 unspecified atom stereocenters. The van der Waals surface area contributed by atoms with Crippen molar-refractivity contribution in [3.63, 3.8) is 0 Å². The van der Waals surface area contributed by atoms with Crippen LogP contribution in [0.5, 0.6) is 0 Å². The number of fused-ring (bicyclic) bond motifs is 1. The maximum Gasteiger partial charge on any atom is 0.409 e. The molecule has 0 spiro atoms. The van der Waals surface area contributed by atoms with Crippen molar-refractivity contribution in [2.45, 2.75) is 58.5 Å². The molecule has 0 aliphatic heterocycles. The second-order valence-electron chi connectivity index (χ2n) is 7.32. The first-order valence-electron chi connectivity index (χ1n) is 9.32. The van der Waals surface area contributed by atoms with Crippen molar-refractivity contribution in [2.75, 3.05) is 20.7 Å². The van der Waals surface area contributed by atoms with Gasteiger partial charge in [-0.1, -0.05) is 19.3 Å². The summed E-state index contributed by atoms with van der Waals surface area (Å²) < 4.78 is 8.92. The maximum atomic E-state index is 13.0. The Bertz CT molecular complexity index is 860. The van der Waals surface area contributed by atoms with Gasteiger partial charge in [0.15, 0.2) is 0 Å². The van der Waals surface area contributed by atoms with Gasteiger partial charge in [-0.05, 0) is 32.3 Å². The van der Waals surface area contributed by atoms with Crippen LogP contribution >= 0.6 is 0 Å². The molecule has 26 heavy (non-hydrogen) atoms. The van der Waals surface area contributed by atoms with E-state index in [1.165, 1.54) is 28.7 Å². The average Bonchev–Trinajstić information content (AvgIpc) is 2.89. The molecule has 0 N–H and O–H groups in total. The summed E-state index contributed by atoms with van der Waals surface area (Å²) in [5.74, 6) is 0. The Morgan fingerprint density at radius 1 is 1.27 bits per heavy atom. The van der Waals surface area contributed by atoms with Crippen molar-refractivity contribution in [3.05, 3.63) is 27.9 Å². The number of carbonyl (C=O) groups is 1. The molecule has 7 nitrogen and oxygen atoms in total. The maximum absolute atomic E-state index is 13.0. The molecule has 2 aromatic heterocycles. The number of rotatable bonds is 4. The fraction of sp³-hybridized carbons (Fsp3) is 0.632. The highest BCUT2D eigenvalue weighted by Crippen LogP contribution is 2.33. The highest BCUT2D eigenvalue weighted by molar-refractivity contribution is 5.81. The topological polar surface area (TPSA) is 69.4 Å². The van der Waals surface area contributed by atoms with Crippen LogP contribution in [0, 0.1) is 13.8 Å². The summed E-state index contributed by atoms with van der Waals surface area (Å²) in [6.07, 6.45) is 7.22. The smallest absolute Gasteiger partial charge is 0.409 e. The highest BCUT2D eigenvalue weighted by Gasteiger charge is 2.23. The Hall–Kier alpha value is -2.31. The molecule has 0 radical (unpaired) electrons. The first kappa shape index (κ1) is 18.5. The Kier molecular flexibility index (Phi) is 5.34. The number of hydrogen-bond acceptors (Lipinski definition) is 4. The molecule has 1 saturated carbocycles. The van der Waals surface area contributed by atoms with Crippen molar-refractivity contribution in [1.29, 1.82) is 0 Å². The second-order valence-corrected chi connectivity index (χ2v) is 7.32. The van der Waals surface area contributed by atoms with E-state index in [2.05, 4.69) is 16.5 Å². The molecule has 0 atom stereocenters. The standard InChI is InChI=1S/C19H28N4O3/c1-13-14(2)23(15-8-6-5-7-9-15)17-16(13)18(24)22(12-20-17)10-11-26-19(25)21(3)4/h12,15H,5-11H2,1-4H3. The normalized spacial score (nSPS) is 15.4. The third-order valence-corrected chi connectivity index (χ3v) is 5.39. The SMILES string of the molecule is Cc1c(C)n(C2CCCCC2)c2ncn(CCOC(=O)N(C)C)c(=O)c12. The van der Waals surface area contributed by atoms with Gasteiger partial charge in [0.05, 0.1) is 11.9 Å². The van der Waals surface area contributed by atoms with E-state index in [0.29, 0.717) is 18.0 Å². The fourth-order valence-electron chi connectivity index (χ4n) is 3.82. The van der Waals surface area contributed by atoms with Gasteiger partial charge in [-0.2, -0.15) is 0 Å². The van der Waals surface area contributed by atoms with Gasteiger partial charge in [-0.25, -0.2) is 9.78 Å². The number of ether oxygens (including phenoxy) is 1. The van der Waals surface area contributed by atoms with Crippen LogP contribution in [0.1, 0.15) is 49.4 Å². The summed E-state index contributed by atoms with van der Waals surface area (Å²) in [6.45, 7) is 4.52. The van der Waals surface area contributed by atoms with E-state index in [9.17, 15) is 9.59 Å². The monoisotopic (exact) mass is 360 g/mol. The van der Waals surface area contributed by atoms with E-state index in [4.69, 9.17) is 4.74 Å². The summed E-state index contributed by atoms with van der Waals surface area (Å²) >= 11 is 0. The molecular weight excluding hydrogens is 332 g/mol. The third-order valence-electron chi connectivity index (χ3n) is 5.39. The molecule has 142 valence electrons. The second kappa shape index (κ2) is 7.51. The molecule has 0 aromatic carbocycles. The molecule has 7 heteroatoms. The van der Waals surface area contributed by atoms with E-state index in [-0.39, 0.29) is 12.2 Å². The number of amides is 1. The number of aromatic nitrogens is 3. The first-order valence-corrected chi connectivity index (χ1v) is 9.32. The van der Waals surface area contributed by atoms with E-state index < -0.39 is 6.09 Å². The van der Waals surface area contributed by atoms with Crippen LogP contribution in [0.2, 0.25) is 0 Å². The van der Waals surface area contributed by atoms with Crippen LogP contribution in [0.25, 0.3) is 11.0 Å². The first-order chi connectivity index (χ1) is 12.4. The van der Waals surface area contributed by atoms with Gasteiger partial charge in [0, 0.05) is 25.8 Å². The minimum absolute atomic E-state index is 0.0638. The lowest BCUT2D eigenvalue weighted by Crippen LogP contribution is -2.27. The molecular formula is C19H28N4O3. The molecule has 0 bridgehead atoms. The summed E-state index contributed by atoms with van der Waals surface area (Å²) in [4.78, 5) is 30.4. The van der Waals surface area contributed by atoms with Gasteiger partial charge >= 0.3 is 6.09 Å². The minimum atomic E-state index is -0.414. The Morgan fingerprint density at radius 2 is 1.96 bits per heavy atom. The molecule has 2 heterocycles. The number of aryl methyl sites for hydroxylation is 1. The van der Waals surface area contributed by atoms with Gasteiger partial charge in [0.25, 0.3) is 5.56 Å². The van der Waals surface area contributed by atoms with Crippen molar-refractivity contribution in [1.82, 2.24) is 19.0 Å². The van der Waals surface area contributed by atoms with Crippen LogP contribution in [-0.2, 0) is 11.3 Å². The van der Waals surface area contributed by atoms with Crippen LogP contribution in [0.4, 0.5) is 4.79 Å². The molecule has 1 fully saturated rings.